The number of carbonyl (C=O) groups excluding carboxylic acids is 3. The third kappa shape index (κ3) is 6.48. The first-order chi connectivity index (χ1) is 22.4. The molecule has 2 unspecified atom stereocenters. The van der Waals surface area contributed by atoms with E-state index in [1.54, 1.807) is 102 Å². The minimum Gasteiger partial charge on any atom is -0.467 e. The smallest absolute Gasteiger partial charge is 0.342 e. The quantitative estimate of drug-likeness (QED) is 0.108. The molecular weight excluding hydrogens is 604 g/mol. The van der Waals surface area contributed by atoms with Gasteiger partial charge in [0.1, 0.15) is 6.10 Å². The van der Waals surface area contributed by atoms with E-state index in [0.717, 1.165) is 10.1 Å². The minimum absolute atomic E-state index is 0.264. The Balaban J connectivity index is 1.51. The molecule has 8 nitrogen and oxygen atoms in total. The van der Waals surface area contributed by atoms with Crippen molar-refractivity contribution in [1.29, 1.82) is 0 Å². The largest absolute Gasteiger partial charge is 0.467 e. The van der Waals surface area contributed by atoms with Crippen LogP contribution in [0.3, 0.4) is 0 Å². The molecule has 0 saturated carbocycles. The summed E-state index contributed by atoms with van der Waals surface area (Å²) >= 11 is 1.57. The number of rotatable bonds is 9. The van der Waals surface area contributed by atoms with Gasteiger partial charge in [-0.3, -0.25) is 0 Å². The number of fused-ring (bicyclic) bond motifs is 1. The van der Waals surface area contributed by atoms with Crippen LogP contribution >= 0.6 is 11.3 Å². The molecule has 0 saturated heterocycles. The predicted molar refractivity (Wildman–Crippen MR) is 173 cm³/mol. The van der Waals surface area contributed by atoms with Crippen molar-refractivity contribution in [3.05, 3.63) is 149 Å². The molecule has 1 N–H and O–H groups in total. The third-order valence-electron chi connectivity index (χ3n) is 7.77. The number of aliphatic hydroxyl groups excluding tert-OH is 1. The normalized spacial score (nSPS) is 19.9. The molecule has 1 aliphatic rings. The average Bonchev–Trinajstić information content (AvgIpc) is 3.58. The Bertz CT molecular complexity index is 1870. The molecule has 1 heterocycles. The lowest BCUT2D eigenvalue weighted by atomic mass is 9.79. The summed E-state index contributed by atoms with van der Waals surface area (Å²) in [7, 11) is 1.21. The van der Waals surface area contributed by atoms with Crippen LogP contribution in [-0.2, 0) is 23.7 Å². The molecule has 0 bridgehead atoms. The first-order valence-electron chi connectivity index (χ1n) is 14.6. The maximum Gasteiger partial charge on any atom is 0.342 e. The summed E-state index contributed by atoms with van der Waals surface area (Å²) in [4.78, 5) is 40.7. The molecule has 232 valence electrons. The highest BCUT2D eigenvalue weighted by Crippen LogP contribution is 2.42. The molecule has 1 aromatic heterocycles. The lowest BCUT2D eigenvalue weighted by Crippen LogP contribution is -2.52. The van der Waals surface area contributed by atoms with Crippen molar-refractivity contribution in [2.75, 3.05) is 7.11 Å². The van der Waals surface area contributed by atoms with Gasteiger partial charge in [-0.05, 0) is 64.9 Å². The van der Waals surface area contributed by atoms with Crippen LogP contribution < -0.4 is 0 Å². The summed E-state index contributed by atoms with van der Waals surface area (Å²) in [5, 5.41) is 14.1. The number of thiophene rings is 1. The molecule has 1 aliphatic carbocycles. The summed E-state index contributed by atoms with van der Waals surface area (Å²) in [5.41, 5.74) is -0.0382. The SMILES string of the molecule is COC(=O)[C@]1(OC(O)c2ccccc2)C=C(c2ccc3sccc3c2)[C@@H](OC(=O)c2ccccc2)C(OC(=O)c2ccccc2)C1. The van der Waals surface area contributed by atoms with E-state index in [9.17, 15) is 19.5 Å². The first-order valence-corrected chi connectivity index (χ1v) is 15.5. The Morgan fingerprint density at radius 2 is 1.41 bits per heavy atom. The zero-order valence-corrected chi connectivity index (χ0v) is 25.6. The Morgan fingerprint density at radius 1 is 0.804 bits per heavy atom. The fourth-order valence-electron chi connectivity index (χ4n) is 5.50. The highest BCUT2D eigenvalue weighted by atomic mass is 32.1. The van der Waals surface area contributed by atoms with Gasteiger partial charge in [0, 0.05) is 22.3 Å². The lowest BCUT2D eigenvalue weighted by molar-refractivity contribution is -0.208. The van der Waals surface area contributed by atoms with Gasteiger partial charge in [0.05, 0.1) is 18.2 Å². The molecular formula is C37H30O8S. The van der Waals surface area contributed by atoms with Crippen molar-refractivity contribution in [1.82, 2.24) is 0 Å². The number of hydrogen-bond acceptors (Lipinski definition) is 9. The summed E-state index contributed by atoms with van der Waals surface area (Å²) in [6.07, 6.45) is -2.76. The predicted octanol–water partition coefficient (Wildman–Crippen LogP) is 6.76. The van der Waals surface area contributed by atoms with Crippen LogP contribution in [0.1, 0.15) is 44.6 Å². The lowest BCUT2D eigenvalue weighted by Gasteiger charge is -2.41. The van der Waals surface area contributed by atoms with Gasteiger partial charge >= 0.3 is 17.9 Å². The molecule has 46 heavy (non-hydrogen) atoms. The molecule has 4 aromatic carbocycles. The Kier molecular flexibility index (Phi) is 9.07. The summed E-state index contributed by atoms with van der Waals surface area (Å²) in [6, 6.07) is 33.0. The maximum absolute atomic E-state index is 13.7. The van der Waals surface area contributed by atoms with Gasteiger partial charge < -0.3 is 24.1 Å². The van der Waals surface area contributed by atoms with Gasteiger partial charge in [-0.15, -0.1) is 11.3 Å². The Morgan fingerprint density at radius 3 is 2.04 bits per heavy atom. The number of hydrogen-bond donors (Lipinski definition) is 1. The summed E-state index contributed by atoms with van der Waals surface area (Å²) in [6.45, 7) is 0. The van der Waals surface area contributed by atoms with Crippen LogP contribution in [0.15, 0.2) is 127 Å². The van der Waals surface area contributed by atoms with Gasteiger partial charge in [0.25, 0.3) is 0 Å². The standard InChI is InChI=1S/C37H30O8S/c1-42-36(41)37(45-35(40)26-15-9-4-10-16-26)22-29(27-17-18-31-28(21-27)19-20-46-31)32(44-34(39)25-13-7-3-8-14-25)30(23-37)43-33(38)24-11-5-2-6-12-24/h2-22,30,32,35,40H,23H2,1H3/t30?,32-,35?,37+/m1/s1. The van der Waals surface area contributed by atoms with Gasteiger partial charge in [0.15, 0.2) is 18.0 Å². The molecule has 5 aromatic rings. The number of methoxy groups -OCH3 is 1. The zero-order valence-electron chi connectivity index (χ0n) is 24.8. The van der Waals surface area contributed by atoms with Gasteiger partial charge in [-0.25, -0.2) is 14.4 Å². The maximum atomic E-state index is 13.7. The fraction of sp³-hybridized carbons (Fsp3) is 0.162. The van der Waals surface area contributed by atoms with Crippen molar-refractivity contribution in [2.45, 2.75) is 30.5 Å². The number of aliphatic hydroxyl groups is 1. The minimum atomic E-state index is -1.94. The van der Waals surface area contributed by atoms with Crippen molar-refractivity contribution >= 4 is 44.9 Å². The van der Waals surface area contributed by atoms with E-state index in [4.69, 9.17) is 18.9 Å². The fourth-order valence-corrected chi connectivity index (χ4v) is 6.27. The Labute approximate surface area is 269 Å². The Hall–Kier alpha value is -5.09. The third-order valence-corrected chi connectivity index (χ3v) is 8.67. The van der Waals surface area contributed by atoms with Gasteiger partial charge in [-0.1, -0.05) is 72.8 Å². The van der Waals surface area contributed by atoms with Gasteiger partial charge in [-0.2, -0.15) is 0 Å². The number of esters is 3. The molecule has 9 heteroatoms. The second-order valence-electron chi connectivity index (χ2n) is 10.7. The number of carbonyl (C=O) groups is 3. The van der Waals surface area contributed by atoms with E-state index in [1.807, 2.05) is 29.6 Å². The van der Waals surface area contributed by atoms with E-state index in [-0.39, 0.29) is 12.0 Å². The second kappa shape index (κ2) is 13.5. The van der Waals surface area contributed by atoms with E-state index >= 15 is 0 Å². The summed E-state index contributed by atoms with van der Waals surface area (Å²) < 4.78 is 24.6. The zero-order chi connectivity index (χ0) is 32.1. The highest BCUT2D eigenvalue weighted by molar-refractivity contribution is 7.17. The molecule has 6 rings (SSSR count). The van der Waals surface area contributed by atoms with Gasteiger partial charge in [0.2, 0.25) is 0 Å². The molecule has 0 fully saturated rings. The highest BCUT2D eigenvalue weighted by Gasteiger charge is 2.52. The van der Waals surface area contributed by atoms with Crippen molar-refractivity contribution in [3.63, 3.8) is 0 Å². The molecule has 0 radical (unpaired) electrons. The van der Waals surface area contributed by atoms with E-state index in [2.05, 4.69) is 0 Å². The van der Waals surface area contributed by atoms with Crippen LogP contribution in [-0.4, -0.2) is 47.9 Å². The summed E-state index contributed by atoms with van der Waals surface area (Å²) in [5.74, 6) is -2.17. The van der Waals surface area contributed by atoms with E-state index < -0.39 is 42.0 Å². The van der Waals surface area contributed by atoms with Crippen molar-refractivity contribution in [2.24, 2.45) is 0 Å². The van der Waals surface area contributed by atoms with Crippen LogP contribution in [0.4, 0.5) is 0 Å². The molecule has 4 atom stereocenters. The van der Waals surface area contributed by atoms with Crippen LogP contribution in [0.25, 0.3) is 15.7 Å². The van der Waals surface area contributed by atoms with Crippen LogP contribution in [0.2, 0.25) is 0 Å². The van der Waals surface area contributed by atoms with E-state index in [1.165, 1.54) is 13.2 Å². The van der Waals surface area contributed by atoms with Crippen LogP contribution in [0.5, 0.6) is 0 Å². The topological polar surface area (TPSA) is 108 Å². The first kappa shape index (κ1) is 30.9. The van der Waals surface area contributed by atoms with Crippen LogP contribution in [0, 0.1) is 0 Å². The van der Waals surface area contributed by atoms with Crippen molar-refractivity contribution in [3.8, 4) is 0 Å². The van der Waals surface area contributed by atoms with E-state index in [0.29, 0.717) is 22.3 Å². The number of benzene rings is 4. The molecule has 0 aliphatic heterocycles. The monoisotopic (exact) mass is 634 g/mol. The number of ether oxygens (including phenoxy) is 4. The molecule has 0 spiro atoms. The van der Waals surface area contributed by atoms with Crippen molar-refractivity contribution < 1.29 is 38.4 Å². The average molecular weight is 635 g/mol. The molecule has 0 amide bonds. The second-order valence-corrected chi connectivity index (χ2v) is 11.7.